The minimum Gasteiger partial charge on any atom is -0.355 e. The molecule has 26 rings (SSSR count). The zero-order valence-corrected chi connectivity index (χ0v) is 66.3. The fourth-order valence-corrected chi connectivity index (χ4v) is 21.3. The summed E-state index contributed by atoms with van der Waals surface area (Å²) in [6.45, 7) is 0. The van der Waals surface area contributed by atoms with Crippen molar-refractivity contribution in [2.75, 3.05) is 0 Å². The molecule has 0 aliphatic heterocycles. The summed E-state index contributed by atoms with van der Waals surface area (Å²) >= 11 is 7.22. The lowest BCUT2D eigenvalue weighted by Gasteiger charge is -2.11. The van der Waals surface area contributed by atoms with E-state index in [9.17, 15) is 0 Å². The van der Waals surface area contributed by atoms with Crippen molar-refractivity contribution in [3.05, 3.63) is 405 Å². The van der Waals surface area contributed by atoms with Crippen molar-refractivity contribution in [2.24, 2.45) is 0 Å². The van der Waals surface area contributed by atoms with Gasteiger partial charge in [0.15, 0.2) is 0 Å². The van der Waals surface area contributed by atoms with Crippen LogP contribution in [0.4, 0.5) is 0 Å². The molecule has 6 nitrogen and oxygen atoms in total. The Morgan fingerprint density at radius 1 is 0.171 bits per heavy atom. The summed E-state index contributed by atoms with van der Waals surface area (Å²) in [6.07, 6.45) is 0. The number of rotatable bonds is 7. The highest BCUT2D eigenvalue weighted by Crippen LogP contribution is 2.45. The molecule has 0 atom stereocenters. The quantitative estimate of drug-likeness (QED) is 0.165. The summed E-state index contributed by atoms with van der Waals surface area (Å²) in [5.41, 5.74) is 25.2. The van der Waals surface area contributed by atoms with Crippen LogP contribution in [-0.2, 0) is 0 Å². The minimum absolute atomic E-state index is 1.15. The maximum atomic E-state index is 3.56. The molecule has 0 fully saturated rings. The van der Waals surface area contributed by atoms with E-state index in [2.05, 4.69) is 444 Å². The Hall–Kier alpha value is -14.3. The number of H-pyrrole nitrogens is 1. The Bertz CT molecular complexity index is 8550. The first-order chi connectivity index (χ1) is 57.9. The smallest absolute Gasteiger partial charge is 0.0542 e. The third kappa shape index (κ3) is 10.8. The third-order valence-electron chi connectivity index (χ3n) is 24.0. The highest BCUT2D eigenvalue weighted by Gasteiger charge is 2.22. The van der Waals surface area contributed by atoms with Gasteiger partial charge in [0.1, 0.15) is 0 Å². The van der Waals surface area contributed by atoms with Gasteiger partial charge in [-0.25, -0.2) is 0 Å². The van der Waals surface area contributed by atoms with E-state index in [4.69, 9.17) is 0 Å². The maximum Gasteiger partial charge on any atom is 0.0542 e. The van der Waals surface area contributed by atoms with Crippen LogP contribution in [0, 0.1) is 0 Å². The van der Waals surface area contributed by atoms with Gasteiger partial charge in [0.05, 0.1) is 55.2 Å². The van der Waals surface area contributed by atoms with Crippen LogP contribution in [0.3, 0.4) is 0 Å². The Balaban J connectivity index is 0.000000117. The van der Waals surface area contributed by atoms with Gasteiger partial charge < -0.3 is 27.8 Å². The zero-order valence-electron chi connectivity index (χ0n) is 63.0. The normalized spacial score (nSPS) is 12.0. The molecule has 9 heteroatoms. The first-order valence-electron chi connectivity index (χ1n) is 39.7. The van der Waals surface area contributed by atoms with Gasteiger partial charge in [-0.2, -0.15) is 0 Å². The van der Waals surface area contributed by atoms with Crippen LogP contribution in [0.15, 0.2) is 405 Å². The largest absolute Gasteiger partial charge is 0.355 e. The van der Waals surface area contributed by atoms with Gasteiger partial charge in [0, 0.05) is 149 Å². The lowest BCUT2D eigenvalue weighted by molar-refractivity contribution is 1.17. The SMILES string of the molecule is Brc1ccc2sc3ccccc3c2c1.c1ccc(-n2c3ccccc3c3cc(-n4c5ccccc5c5cc(-c6ccc7[nH]c8ccccc8c7c6)ccc54)ccc32)cc1.c1ccc(-n2c3ccccc3c3cc(-n4c5ccccc5c5cc(-c6ccc7c(c6)c6ccccc6n7-c6ccc7sc8ccccc8c7c6)ccc54)ccc32)cc1. The van der Waals surface area contributed by atoms with Crippen LogP contribution < -0.4 is 0 Å². The monoisotopic (exact) mass is 1590 g/mol. The highest BCUT2D eigenvalue weighted by atomic mass is 79.9. The van der Waals surface area contributed by atoms with Gasteiger partial charge in [-0.1, -0.05) is 222 Å². The number of fused-ring (bicyclic) bond motifs is 24. The molecule has 0 saturated carbocycles. The number of aromatic nitrogens is 6. The third-order valence-corrected chi connectivity index (χ3v) is 26.8. The van der Waals surface area contributed by atoms with E-state index in [1.807, 2.05) is 22.7 Å². The van der Waals surface area contributed by atoms with Gasteiger partial charge >= 0.3 is 0 Å². The molecule has 0 aliphatic carbocycles. The van der Waals surface area contributed by atoms with Crippen LogP contribution in [0.2, 0.25) is 0 Å². The van der Waals surface area contributed by atoms with Crippen LogP contribution in [0.5, 0.6) is 0 Å². The molecular formula is C108H67BrN6S2. The summed E-state index contributed by atoms with van der Waals surface area (Å²) in [4.78, 5) is 3.56. The van der Waals surface area contributed by atoms with E-state index < -0.39 is 0 Å². The second-order valence-corrected chi connectivity index (χ2v) is 33.6. The fraction of sp³-hybridized carbons (Fsp3) is 0. The summed E-state index contributed by atoms with van der Waals surface area (Å²) in [6, 6.07) is 146. The molecule has 18 aromatic carbocycles. The second-order valence-electron chi connectivity index (χ2n) is 30.5. The van der Waals surface area contributed by atoms with E-state index in [-0.39, 0.29) is 0 Å². The predicted octanol–water partition coefficient (Wildman–Crippen LogP) is 31.0. The van der Waals surface area contributed by atoms with E-state index in [1.54, 1.807) is 0 Å². The molecule has 0 saturated heterocycles. The Kier molecular flexibility index (Phi) is 15.5. The molecule has 0 aliphatic rings. The topological polar surface area (TPSA) is 40.4 Å². The molecule has 8 aromatic heterocycles. The van der Waals surface area contributed by atoms with Crippen molar-refractivity contribution in [1.29, 1.82) is 0 Å². The average molecular weight is 1590 g/mol. The van der Waals surface area contributed by atoms with Crippen molar-refractivity contribution in [2.45, 2.75) is 0 Å². The minimum atomic E-state index is 1.15. The van der Waals surface area contributed by atoms with Crippen molar-refractivity contribution >= 4 is 210 Å². The zero-order chi connectivity index (χ0) is 76.9. The van der Waals surface area contributed by atoms with Crippen LogP contribution >= 0.6 is 38.6 Å². The molecule has 0 spiro atoms. The molecule has 26 aromatic rings. The van der Waals surface area contributed by atoms with E-state index in [0.717, 1.165) is 15.8 Å². The molecule has 8 heterocycles. The Morgan fingerprint density at radius 3 is 0.872 bits per heavy atom. The van der Waals surface area contributed by atoms with Gasteiger partial charge in [-0.15, -0.1) is 22.7 Å². The molecule has 0 unspecified atom stereocenters. The molecule has 548 valence electrons. The standard InChI is InChI=1S/C54H33N3S.C42H27N3.C12H7BrS/c1-2-12-36(13-3-1)55-47-18-8-6-16-41(47)45-32-37(24-28-52(45)55)56-48-19-9-4-14-39(48)43-30-34(22-26-50(43)56)35-23-27-51-44(31-35)40-15-5-10-20-49(40)57(51)38-25-29-54-46(33-38)42-17-7-11-21-53(42)58-54;1-2-10-29(11-3-1)44-39-16-8-6-14-33(39)36-26-30(20-23-42(36)44)45-40-17-9-5-13-32(40)35-25-28(19-22-41(35)45)27-18-21-38-34(24-27)31-12-4-7-15-37(31)43-38;13-8-5-6-12-10(7-8)9-3-1-2-4-11(9)14-12/h1-33H;1-26,43H;1-7H. The highest BCUT2D eigenvalue weighted by molar-refractivity contribution is 9.10. The van der Waals surface area contributed by atoms with Gasteiger partial charge in [-0.3, -0.25) is 0 Å². The number of halogens is 1. The number of para-hydroxylation sites is 8. The summed E-state index contributed by atoms with van der Waals surface area (Å²) < 4.78 is 18.6. The van der Waals surface area contributed by atoms with E-state index in [1.165, 1.54) is 210 Å². The summed E-state index contributed by atoms with van der Waals surface area (Å²) in [5.74, 6) is 0. The van der Waals surface area contributed by atoms with Crippen molar-refractivity contribution in [3.8, 4) is 50.7 Å². The number of thiophene rings is 2. The lowest BCUT2D eigenvalue weighted by atomic mass is 10.0. The molecule has 117 heavy (non-hydrogen) atoms. The Labute approximate surface area is 687 Å². The first-order valence-corrected chi connectivity index (χ1v) is 42.1. The average Bonchev–Trinajstić information content (AvgIpc) is 1.58. The number of aromatic amines is 1. The lowest BCUT2D eigenvalue weighted by Crippen LogP contribution is -1.95. The molecule has 1 N–H and O–H groups in total. The van der Waals surface area contributed by atoms with Gasteiger partial charge in [-0.05, 0) is 216 Å². The van der Waals surface area contributed by atoms with Crippen LogP contribution in [0.1, 0.15) is 0 Å². The fourth-order valence-electron chi connectivity index (χ4n) is 18.8. The first kappa shape index (κ1) is 67.2. The van der Waals surface area contributed by atoms with Gasteiger partial charge in [0.25, 0.3) is 0 Å². The summed E-state index contributed by atoms with van der Waals surface area (Å²) in [5, 5.41) is 20.4. The maximum absolute atomic E-state index is 3.56. The molecule has 0 amide bonds. The molecule has 0 radical (unpaired) electrons. The summed E-state index contributed by atoms with van der Waals surface area (Å²) in [7, 11) is 0. The molecule has 0 bridgehead atoms. The van der Waals surface area contributed by atoms with Gasteiger partial charge in [0.2, 0.25) is 0 Å². The van der Waals surface area contributed by atoms with Crippen LogP contribution in [-0.4, -0.2) is 27.8 Å². The van der Waals surface area contributed by atoms with Crippen molar-refractivity contribution in [3.63, 3.8) is 0 Å². The number of nitrogens with one attached hydrogen (secondary N) is 1. The Morgan fingerprint density at radius 2 is 0.444 bits per heavy atom. The van der Waals surface area contributed by atoms with Crippen molar-refractivity contribution in [1.82, 2.24) is 27.8 Å². The van der Waals surface area contributed by atoms with E-state index >= 15 is 0 Å². The number of nitrogens with zero attached hydrogens (tertiary/aromatic N) is 5. The van der Waals surface area contributed by atoms with E-state index in [0.29, 0.717) is 0 Å². The molecular weight excluding hydrogens is 1530 g/mol. The van der Waals surface area contributed by atoms with Crippen molar-refractivity contribution < 1.29 is 0 Å². The predicted molar refractivity (Wildman–Crippen MR) is 505 cm³/mol. The number of hydrogen-bond acceptors (Lipinski definition) is 2. The van der Waals surface area contributed by atoms with Crippen LogP contribution in [0.25, 0.3) is 222 Å². The number of benzene rings is 18. The number of hydrogen-bond donors (Lipinski definition) is 1. The second kappa shape index (κ2) is 26.9.